The molecule has 1 aromatic carbocycles. The lowest BCUT2D eigenvalue weighted by Gasteiger charge is -2.22. The maximum Gasteiger partial charge on any atom is 0.276 e. The zero-order chi connectivity index (χ0) is 20.7. The number of anilines is 1. The number of benzene rings is 1. The normalized spacial score (nSPS) is 12.8. The SMILES string of the molecule is Cc1nocc1-c1cccc(C(=O)N2CCc3cc(C=O)sc3-c3ccccc32)n1. The number of thiophene rings is 1. The molecule has 4 heterocycles. The highest BCUT2D eigenvalue weighted by atomic mass is 32.1. The van der Waals surface area contributed by atoms with Crippen molar-refractivity contribution in [1.82, 2.24) is 10.1 Å². The van der Waals surface area contributed by atoms with E-state index in [1.807, 2.05) is 49.4 Å². The Bertz CT molecular complexity index is 1270. The average molecular weight is 415 g/mol. The fourth-order valence-corrected chi connectivity index (χ4v) is 4.83. The Balaban J connectivity index is 1.56. The second kappa shape index (κ2) is 7.35. The highest BCUT2D eigenvalue weighted by Gasteiger charge is 2.27. The Morgan fingerprint density at radius 3 is 2.83 bits per heavy atom. The van der Waals surface area contributed by atoms with E-state index in [4.69, 9.17) is 4.52 Å². The molecule has 1 amide bonds. The zero-order valence-electron chi connectivity index (χ0n) is 16.2. The monoisotopic (exact) mass is 415 g/mol. The lowest BCUT2D eigenvalue weighted by Crippen LogP contribution is -2.33. The van der Waals surface area contributed by atoms with Gasteiger partial charge in [0.25, 0.3) is 5.91 Å². The number of hydrogen-bond acceptors (Lipinski definition) is 6. The van der Waals surface area contributed by atoms with Gasteiger partial charge in [0.2, 0.25) is 0 Å². The third-order valence-corrected chi connectivity index (χ3v) is 6.36. The van der Waals surface area contributed by atoms with E-state index < -0.39 is 0 Å². The summed E-state index contributed by atoms with van der Waals surface area (Å²) in [4.78, 5) is 32.9. The van der Waals surface area contributed by atoms with Crippen LogP contribution in [0.1, 0.15) is 31.4 Å². The molecule has 0 fully saturated rings. The van der Waals surface area contributed by atoms with E-state index in [0.717, 1.165) is 39.2 Å². The van der Waals surface area contributed by atoms with Crippen molar-refractivity contribution in [3.8, 4) is 21.7 Å². The smallest absolute Gasteiger partial charge is 0.276 e. The van der Waals surface area contributed by atoms with Crippen LogP contribution >= 0.6 is 11.3 Å². The maximum atomic E-state index is 13.5. The molecule has 0 unspecified atom stereocenters. The highest BCUT2D eigenvalue weighted by Crippen LogP contribution is 2.41. The Morgan fingerprint density at radius 2 is 2.03 bits per heavy atom. The lowest BCUT2D eigenvalue weighted by molar-refractivity contribution is 0.0982. The highest BCUT2D eigenvalue weighted by molar-refractivity contribution is 7.17. The molecular weight excluding hydrogens is 398 g/mol. The van der Waals surface area contributed by atoms with Crippen LogP contribution in [0.5, 0.6) is 0 Å². The van der Waals surface area contributed by atoms with Crippen molar-refractivity contribution >= 4 is 29.2 Å². The summed E-state index contributed by atoms with van der Waals surface area (Å²) in [5.41, 5.74) is 5.38. The molecule has 3 aromatic heterocycles. The van der Waals surface area contributed by atoms with Gasteiger partial charge in [-0.1, -0.05) is 29.4 Å². The molecule has 5 rings (SSSR count). The van der Waals surface area contributed by atoms with Crippen LogP contribution in [0.4, 0.5) is 5.69 Å². The quantitative estimate of drug-likeness (QED) is 0.450. The van der Waals surface area contributed by atoms with Crippen LogP contribution in [0.25, 0.3) is 21.7 Å². The number of para-hydroxylation sites is 1. The molecule has 0 saturated carbocycles. The second-order valence-corrected chi connectivity index (χ2v) is 8.15. The number of aromatic nitrogens is 2. The largest absolute Gasteiger partial charge is 0.364 e. The summed E-state index contributed by atoms with van der Waals surface area (Å²) in [5.74, 6) is -0.163. The molecule has 0 atom stereocenters. The standard InChI is InChI=1S/C23H17N3O3S/c1-14-18(13-29-25-14)19-6-4-7-20(24-19)23(28)26-10-9-15-11-16(12-27)30-22(15)17-5-2-3-8-21(17)26/h2-8,11-13H,9-10H2,1H3. The Kier molecular flexibility index (Phi) is 4.52. The molecule has 0 aliphatic carbocycles. The van der Waals surface area contributed by atoms with Gasteiger partial charge in [-0.25, -0.2) is 4.98 Å². The van der Waals surface area contributed by atoms with Gasteiger partial charge in [-0.2, -0.15) is 0 Å². The molecule has 0 saturated heterocycles. The fraction of sp³-hybridized carbons (Fsp3) is 0.130. The number of hydrogen-bond donors (Lipinski definition) is 0. The molecule has 0 radical (unpaired) electrons. The van der Waals surface area contributed by atoms with Crippen LogP contribution in [-0.2, 0) is 6.42 Å². The van der Waals surface area contributed by atoms with Gasteiger partial charge in [0.15, 0.2) is 6.29 Å². The topological polar surface area (TPSA) is 76.3 Å². The number of aldehydes is 1. The van der Waals surface area contributed by atoms with Crippen LogP contribution in [0, 0.1) is 6.92 Å². The van der Waals surface area contributed by atoms with Gasteiger partial charge in [0, 0.05) is 17.0 Å². The number of amides is 1. The molecule has 0 spiro atoms. The Morgan fingerprint density at radius 1 is 1.17 bits per heavy atom. The summed E-state index contributed by atoms with van der Waals surface area (Å²) in [6.45, 7) is 2.35. The van der Waals surface area contributed by atoms with Crippen LogP contribution in [-0.4, -0.2) is 28.9 Å². The number of pyridine rings is 1. The van der Waals surface area contributed by atoms with Crippen LogP contribution in [0.15, 0.2) is 59.3 Å². The minimum Gasteiger partial charge on any atom is -0.364 e. The third-order valence-electron chi connectivity index (χ3n) is 5.23. The molecule has 30 heavy (non-hydrogen) atoms. The molecule has 4 aromatic rings. The summed E-state index contributed by atoms with van der Waals surface area (Å²) < 4.78 is 5.02. The average Bonchev–Trinajstić information content (AvgIpc) is 3.36. The first kappa shape index (κ1) is 18.4. The summed E-state index contributed by atoms with van der Waals surface area (Å²) in [6, 6.07) is 15.1. The van der Waals surface area contributed by atoms with E-state index in [0.29, 0.717) is 29.2 Å². The number of nitrogens with zero attached hydrogens (tertiary/aromatic N) is 3. The molecule has 1 aliphatic heterocycles. The lowest BCUT2D eigenvalue weighted by atomic mass is 10.1. The van der Waals surface area contributed by atoms with Gasteiger partial charge >= 0.3 is 0 Å². The first-order valence-corrected chi connectivity index (χ1v) is 10.3. The molecular formula is C23H17N3O3S. The van der Waals surface area contributed by atoms with E-state index >= 15 is 0 Å². The second-order valence-electron chi connectivity index (χ2n) is 7.07. The summed E-state index contributed by atoms with van der Waals surface area (Å²) in [5, 5.41) is 3.90. The summed E-state index contributed by atoms with van der Waals surface area (Å²) in [6.07, 6.45) is 3.09. The van der Waals surface area contributed by atoms with Crippen molar-refractivity contribution in [3.63, 3.8) is 0 Å². The van der Waals surface area contributed by atoms with Crippen molar-refractivity contribution in [3.05, 3.63) is 76.6 Å². The number of fused-ring (bicyclic) bond motifs is 3. The fourth-order valence-electron chi connectivity index (χ4n) is 3.77. The zero-order valence-corrected chi connectivity index (χ0v) is 17.0. The minimum atomic E-state index is -0.163. The van der Waals surface area contributed by atoms with Gasteiger partial charge in [0.05, 0.1) is 27.5 Å². The van der Waals surface area contributed by atoms with Crippen LogP contribution in [0.3, 0.4) is 0 Å². The molecule has 7 heteroatoms. The maximum absolute atomic E-state index is 13.5. The number of rotatable bonds is 3. The van der Waals surface area contributed by atoms with E-state index in [9.17, 15) is 9.59 Å². The summed E-state index contributed by atoms with van der Waals surface area (Å²) in [7, 11) is 0. The Labute approximate surface area is 176 Å². The summed E-state index contributed by atoms with van der Waals surface area (Å²) >= 11 is 1.46. The predicted molar refractivity (Wildman–Crippen MR) is 115 cm³/mol. The molecule has 148 valence electrons. The van der Waals surface area contributed by atoms with Crippen molar-refractivity contribution < 1.29 is 14.1 Å². The van der Waals surface area contributed by atoms with Gasteiger partial charge < -0.3 is 9.42 Å². The number of carbonyl (C=O) groups is 2. The van der Waals surface area contributed by atoms with E-state index in [-0.39, 0.29) is 5.91 Å². The van der Waals surface area contributed by atoms with Crippen molar-refractivity contribution in [2.75, 3.05) is 11.4 Å². The van der Waals surface area contributed by atoms with E-state index in [1.54, 1.807) is 11.0 Å². The van der Waals surface area contributed by atoms with Crippen LogP contribution < -0.4 is 4.90 Å². The number of carbonyl (C=O) groups excluding carboxylic acids is 2. The first-order valence-electron chi connectivity index (χ1n) is 9.53. The molecule has 6 nitrogen and oxygen atoms in total. The molecule has 1 aliphatic rings. The van der Waals surface area contributed by atoms with Gasteiger partial charge in [-0.3, -0.25) is 9.59 Å². The van der Waals surface area contributed by atoms with Gasteiger partial charge in [-0.05, 0) is 43.2 Å². The van der Waals surface area contributed by atoms with Crippen LogP contribution in [0.2, 0.25) is 0 Å². The van der Waals surface area contributed by atoms with E-state index in [2.05, 4.69) is 10.1 Å². The minimum absolute atomic E-state index is 0.163. The van der Waals surface area contributed by atoms with Crippen molar-refractivity contribution in [2.24, 2.45) is 0 Å². The third kappa shape index (κ3) is 3.04. The first-order chi connectivity index (χ1) is 14.7. The van der Waals surface area contributed by atoms with E-state index in [1.165, 1.54) is 17.6 Å². The van der Waals surface area contributed by atoms with Gasteiger partial charge in [-0.15, -0.1) is 11.3 Å². The molecule has 0 bridgehead atoms. The van der Waals surface area contributed by atoms with Gasteiger partial charge in [0.1, 0.15) is 12.0 Å². The Hall–Kier alpha value is -3.58. The number of aryl methyl sites for hydroxylation is 1. The van der Waals surface area contributed by atoms with Crippen molar-refractivity contribution in [2.45, 2.75) is 13.3 Å². The van der Waals surface area contributed by atoms with Crippen molar-refractivity contribution in [1.29, 1.82) is 0 Å². The molecule has 0 N–H and O–H groups in total. The predicted octanol–water partition coefficient (Wildman–Crippen LogP) is 4.79.